The van der Waals surface area contributed by atoms with Gasteiger partial charge in [0.25, 0.3) is 0 Å². The zero-order valence-electron chi connectivity index (χ0n) is 11.5. The van der Waals surface area contributed by atoms with E-state index in [1.807, 2.05) is 6.92 Å². The van der Waals surface area contributed by atoms with Gasteiger partial charge in [-0.15, -0.1) is 0 Å². The van der Waals surface area contributed by atoms with Crippen LogP contribution >= 0.6 is 0 Å². The van der Waals surface area contributed by atoms with Crippen molar-refractivity contribution >= 4 is 12.0 Å². The van der Waals surface area contributed by atoms with Crippen molar-refractivity contribution in [2.75, 3.05) is 13.2 Å². The quantitative estimate of drug-likeness (QED) is 0.619. The maximum atomic E-state index is 12.1. The van der Waals surface area contributed by atoms with Crippen molar-refractivity contribution < 1.29 is 19.8 Å². The van der Waals surface area contributed by atoms with E-state index in [1.54, 1.807) is 4.90 Å². The van der Waals surface area contributed by atoms with Crippen molar-refractivity contribution in [1.82, 2.24) is 10.2 Å². The molecule has 2 amide bonds. The maximum Gasteiger partial charge on any atom is 0.326 e. The Morgan fingerprint density at radius 3 is 2.53 bits per heavy atom. The van der Waals surface area contributed by atoms with Crippen LogP contribution in [0.3, 0.4) is 0 Å². The average Bonchev–Trinajstić information content (AvgIpc) is 2.31. The molecule has 0 aromatic heterocycles. The first-order chi connectivity index (χ1) is 9.10. The molecule has 0 aliphatic heterocycles. The van der Waals surface area contributed by atoms with Crippen LogP contribution in [-0.2, 0) is 4.79 Å². The third-order valence-corrected chi connectivity index (χ3v) is 3.51. The third-order valence-electron chi connectivity index (χ3n) is 3.51. The number of carbonyl (C=O) groups is 2. The topological polar surface area (TPSA) is 89.9 Å². The number of carboxylic acid groups (broad SMARTS) is 1. The van der Waals surface area contributed by atoms with E-state index in [0.29, 0.717) is 25.8 Å². The highest BCUT2D eigenvalue weighted by atomic mass is 16.4. The van der Waals surface area contributed by atoms with Crippen LogP contribution < -0.4 is 5.32 Å². The molecule has 3 N–H and O–H groups in total. The van der Waals surface area contributed by atoms with E-state index < -0.39 is 12.0 Å². The summed E-state index contributed by atoms with van der Waals surface area (Å²) in [4.78, 5) is 24.9. The molecular formula is C13H24N2O4. The highest BCUT2D eigenvalue weighted by Gasteiger charge is 2.30. The van der Waals surface area contributed by atoms with E-state index >= 15 is 0 Å². The van der Waals surface area contributed by atoms with E-state index in [2.05, 4.69) is 5.32 Å². The number of rotatable bonds is 8. The minimum Gasteiger partial charge on any atom is -0.480 e. The Hall–Kier alpha value is -1.30. The smallest absolute Gasteiger partial charge is 0.326 e. The van der Waals surface area contributed by atoms with E-state index in [-0.39, 0.29) is 18.7 Å². The number of urea groups is 1. The lowest BCUT2D eigenvalue weighted by Gasteiger charge is -2.38. The lowest BCUT2D eigenvalue weighted by atomic mass is 9.91. The van der Waals surface area contributed by atoms with Crippen LogP contribution in [0.5, 0.6) is 0 Å². The van der Waals surface area contributed by atoms with Crippen molar-refractivity contribution in [1.29, 1.82) is 0 Å². The number of carbonyl (C=O) groups excluding carboxylic acids is 1. The lowest BCUT2D eigenvalue weighted by Crippen LogP contribution is -2.53. The van der Waals surface area contributed by atoms with Crippen LogP contribution in [0.15, 0.2) is 0 Å². The summed E-state index contributed by atoms with van der Waals surface area (Å²) in [5.74, 6) is -0.995. The molecule has 0 aromatic rings. The van der Waals surface area contributed by atoms with Gasteiger partial charge in [0.2, 0.25) is 0 Å². The summed E-state index contributed by atoms with van der Waals surface area (Å²) in [5, 5.41) is 20.5. The number of hydrogen-bond donors (Lipinski definition) is 3. The molecule has 0 saturated heterocycles. The van der Waals surface area contributed by atoms with Crippen molar-refractivity contribution in [3.8, 4) is 0 Å². The molecule has 1 fully saturated rings. The Morgan fingerprint density at radius 1 is 1.42 bits per heavy atom. The fourth-order valence-corrected chi connectivity index (χ4v) is 2.17. The molecule has 0 unspecified atom stereocenters. The number of aliphatic carboxylic acids is 1. The van der Waals surface area contributed by atoms with Crippen molar-refractivity contribution in [2.24, 2.45) is 0 Å². The fraction of sp³-hybridized carbons (Fsp3) is 0.846. The lowest BCUT2D eigenvalue weighted by molar-refractivity contribution is -0.139. The molecule has 1 aliphatic carbocycles. The summed E-state index contributed by atoms with van der Waals surface area (Å²) in [5.41, 5.74) is 0. The summed E-state index contributed by atoms with van der Waals surface area (Å²) in [6.45, 7) is 2.40. The van der Waals surface area contributed by atoms with Gasteiger partial charge in [0.1, 0.15) is 6.04 Å². The summed E-state index contributed by atoms with van der Waals surface area (Å²) in [6.07, 6.45) is 4.69. The second-order valence-electron chi connectivity index (χ2n) is 4.98. The van der Waals surface area contributed by atoms with Gasteiger partial charge in [0, 0.05) is 19.2 Å². The largest absolute Gasteiger partial charge is 0.480 e. The Labute approximate surface area is 113 Å². The number of aliphatic hydroxyl groups excluding tert-OH is 1. The van der Waals surface area contributed by atoms with E-state index in [4.69, 9.17) is 10.2 Å². The second kappa shape index (κ2) is 7.99. The van der Waals surface area contributed by atoms with Crippen molar-refractivity contribution in [3.63, 3.8) is 0 Å². The summed E-state index contributed by atoms with van der Waals surface area (Å²) in [7, 11) is 0. The molecule has 0 radical (unpaired) electrons. The third kappa shape index (κ3) is 4.70. The second-order valence-corrected chi connectivity index (χ2v) is 4.98. The van der Waals surface area contributed by atoms with Gasteiger partial charge in [0.05, 0.1) is 0 Å². The maximum absolute atomic E-state index is 12.1. The van der Waals surface area contributed by atoms with Gasteiger partial charge in [-0.25, -0.2) is 9.59 Å². The first-order valence-corrected chi connectivity index (χ1v) is 7.01. The van der Waals surface area contributed by atoms with Crippen LogP contribution in [0, 0.1) is 0 Å². The molecule has 6 nitrogen and oxygen atoms in total. The highest BCUT2D eigenvalue weighted by molar-refractivity contribution is 5.82. The molecule has 0 bridgehead atoms. The molecule has 1 rings (SSSR count). The normalized spacial score (nSPS) is 16.5. The predicted octanol–water partition coefficient (Wildman–Crippen LogP) is 1.19. The molecule has 0 spiro atoms. The molecule has 0 heterocycles. The van der Waals surface area contributed by atoms with Crippen LogP contribution in [0.1, 0.15) is 45.4 Å². The van der Waals surface area contributed by atoms with Crippen LogP contribution in [0.4, 0.5) is 4.79 Å². The summed E-state index contributed by atoms with van der Waals surface area (Å²) >= 11 is 0. The van der Waals surface area contributed by atoms with Crippen LogP contribution in [-0.4, -0.2) is 52.3 Å². The van der Waals surface area contributed by atoms with Gasteiger partial charge < -0.3 is 20.4 Å². The number of nitrogens with zero attached hydrogens (tertiary/aromatic N) is 1. The van der Waals surface area contributed by atoms with Gasteiger partial charge in [-0.3, -0.25) is 0 Å². The molecule has 19 heavy (non-hydrogen) atoms. The van der Waals surface area contributed by atoms with E-state index in [9.17, 15) is 9.59 Å². The summed E-state index contributed by atoms with van der Waals surface area (Å²) in [6, 6.07) is -0.948. The average molecular weight is 272 g/mol. The van der Waals surface area contributed by atoms with E-state index in [1.165, 1.54) is 0 Å². The Bertz CT molecular complexity index is 305. The zero-order chi connectivity index (χ0) is 14.3. The van der Waals surface area contributed by atoms with Crippen LogP contribution in [0.2, 0.25) is 0 Å². The fourth-order valence-electron chi connectivity index (χ4n) is 2.17. The molecule has 110 valence electrons. The van der Waals surface area contributed by atoms with Gasteiger partial charge in [-0.05, 0) is 32.1 Å². The first kappa shape index (κ1) is 15.8. The van der Waals surface area contributed by atoms with E-state index in [0.717, 1.165) is 19.3 Å². The predicted molar refractivity (Wildman–Crippen MR) is 70.9 cm³/mol. The summed E-state index contributed by atoms with van der Waals surface area (Å²) < 4.78 is 0. The molecule has 1 atom stereocenters. The monoisotopic (exact) mass is 272 g/mol. The Balaban J connectivity index is 2.56. The highest BCUT2D eigenvalue weighted by Crippen LogP contribution is 2.25. The number of hydrogen-bond acceptors (Lipinski definition) is 3. The molecule has 1 aliphatic rings. The SMILES string of the molecule is CCC[C@@H](NC(=O)N(CCCO)C1CCC1)C(=O)O. The number of aliphatic hydroxyl groups is 1. The molecule has 1 saturated carbocycles. The van der Waals surface area contributed by atoms with Crippen molar-refractivity contribution in [3.05, 3.63) is 0 Å². The van der Waals surface area contributed by atoms with Crippen LogP contribution in [0.25, 0.3) is 0 Å². The number of nitrogens with one attached hydrogen (secondary N) is 1. The van der Waals surface area contributed by atoms with Crippen molar-refractivity contribution in [2.45, 2.75) is 57.5 Å². The van der Waals surface area contributed by atoms with Gasteiger partial charge in [-0.2, -0.15) is 0 Å². The molecular weight excluding hydrogens is 248 g/mol. The Kier molecular flexibility index (Phi) is 6.62. The molecule has 0 aromatic carbocycles. The minimum atomic E-state index is -0.995. The van der Waals surface area contributed by atoms with Gasteiger partial charge in [0.15, 0.2) is 0 Å². The van der Waals surface area contributed by atoms with Gasteiger partial charge in [-0.1, -0.05) is 13.3 Å². The molecule has 6 heteroatoms. The number of carboxylic acids is 1. The standard InChI is InChI=1S/C13H24N2O4/c1-2-5-11(12(17)18)14-13(19)15(8-4-9-16)10-6-3-7-10/h10-11,16H,2-9H2,1H3,(H,14,19)(H,17,18)/t11-/m1/s1. The Morgan fingerprint density at radius 2 is 2.11 bits per heavy atom. The minimum absolute atomic E-state index is 0.0355. The first-order valence-electron chi connectivity index (χ1n) is 7.01. The zero-order valence-corrected chi connectivity index (χ0v) is 11.5. The number of amides is 2. The van der Waals surface area contributed by atoms with Gasteiger partial charge >= 0.3 is 12.0 Å².